The van der Waals surface area contributed by atoms with E-state index in [4.69, 9.17) is 4.74 Å². The van der Waals surface area contributed by atoms with E-state index in [1.807, 2.05) is 12.1 Å². The number of rotatable bonds is 6. The zero-order valence-electron chi connectivity index (χ0n) is 14.6. The molecule has 0 spiro atoms. The summed E-state index contributed by atoms with van der Waals surface area (Å²) in [7, 11) is -1.06. The van der Waals surface area contributed by atoms with E-state index in [0.717, 1.165) is 5.56 Å². The van der Waals surface area contributed by atoms with Gasteiger partial charge in [0.25, 0.3) is 0 Å². The molecule has 1 N–H and O–H groups in total. The van der Waals surface area contributed by atoms with E-state index in [1.54, 1.807) is 32.0 Å². The number of sulfonamides is 1. The molecule has 0 fully saturated rings. The Bertz CT molecular complexity index is 877. The zero-order valence-corrected chi connectivity index (χ0v) is 15.4. The molecule has 2 rings (SSSR count). The SMILES string of the molecule is COC(=O)c1ccc(C)c(S(=O)(=O)NC(C)c2ccccc2OC)c1. The summed E-state index contributed by atoms with van der Waals surface area (Å²) in [4.78, 5) is 11.7. The van der Waals surface area contributed by atoms with E-state index >= 15 is 0 Å². The van der Waals surface area contributed by atoms with Crippen LogP contribution in [-0.4, -0.2) is 28.6 Å². The smallest absolute Gasteiger partial charge is 0.337 e. The number of methoxy groups -OCH3 is 2. The van der Waals surface area contributed by atoms with Gasteiger partial charge in [0.2, 0.25) is 10.0 Å². The van der Waals surface area contributed by atoms with Crippen LogP contribution in [0.25, 0.3) is 0 Å². The first kappa shape index (κ1) is 19.0. The Hall–Kier alpha value is -2.38. The second-order valence-corrected chi connectivity index (χ2v) is 7.24. The molecule has 0 amide bonds. The standard InChI is InChI=1S/C18H21NO5S/c1-12-9-10-14(18(20)24-4)11-17(12)25(21,22)19-13(2)15-7-5-6-8-16(15)23-3/h5-11,13,19H,1-4H3. The summed E-state index contributed by atoms with van der Waals surface area (Å²) < 4.78 is 38.2. The highest BCUT2D eigenvalue weighted by Crippen LogP contribution is 2.27. The van der Waals surface area contributed by atoms with Crippen molar-refractivity contribution in [3.05, 3.63) is 59.2 Å². The lowest BCUT2D eigenvalue weighted by molar-refractivity contribution is 0.0600. The highest BCUT2D eigenvalue weighted by molar-refractivity contribution is 7.89. The lowest BCUT2D eigenvalue weighted by Gasteiger charge is -2.18. The van der Waals surface area contributed by atoms with E-state index in [0.29, 0.717) is 11.3 Å². The van der Waals surface area contributed by atoms with Crippen molar-refractivity contribution >= 4 is 16.0 Å². The summed E-state index contributed by atoms with van der Waals surface area (Å²) in [6.45, 7) is 3.40. The summed E-state index contributed by atoms with van der Waals surface area (Å²) in [5, 5.41) is 0. The lowest BCUT2D eigenvalue weighted by Crippen LogP contribution is -2.28. The third kappa shape index (κ3) is 4.18. The molecule has 134 valence electrons. The summed E-state index contributed by atoms with van der Waals surface area (Å²) in [5.74, 6) is 0.00644. The second kappa shape index (κ2) is 7.67. The number of para-hydroxylation sites is 1. The van der Waals surface area contributed by atoms with Gasteiger partial charge in [-0.1, -0.05) is 24.3 Å². The zero-order chi connectivity index (χ0) is 18.6. The van der Waals surface area contributed by atoms with Crippen LogP contribution < -0.4 is 9.46 Å². The number of ether oxygens (including phenoxy) is 2. The van der Waals surface area contributed by atoms with Gasteiger partial charge in [0.15, 0.2) is 0 Å². The number of esters is 1. The van der Waals surface area contributed by atoms with Crippen molar-refractivity contribution in [3.63, 3.8) is 0 Å². The van der Waals surface area contributed by atoms with E-state index < -0.39 is 22.0 Å². The van der Waals surface area contributed by atoms with Crippen molar-refractivity contribution in [3.8, 4) is 5.75 Å². The van der Waals surface area contributed by atoms with Gasteiger partial charge in [-0.25, -0.2) is 17.9 Å². The lowest BCUT2D eigenvalue weighted by atomic mass is 10.1. The van der Waals surface area contributed by atoms with E-state index in [-0.39, 0.29) is 10.5 Å². The summed E-state index contributed by atoms with van der Waals surface area (Å²) in [6.07, 6.45) is 0. The Labute approximate surface area is 147 Å². The molecule has 7 heteroatoms. The van der Waals surface area contributed by atoms with Crippen LogP contribution in [0.1, 0.15) is 34.5 Å². The molecule has 1 unspecified atom stereocenters. The number of nitrogens with one attached hydrogen (secondary N) is 1. The molecule has 0 aliphatic carbocycles. The molecule has 1 atom stereocenters. The highest BCUT2D eigenvalue weighted by Gasteiger charge is 2.23. The molecule has 2 aromatic rings. The summed E-state index contributed by atoms with van der Waals surface area (Å²) in [5.41, 5.74) is 1.43. The topological polar surface area (TPSA) is 81.7 Å². The quantitative estimate of drug-likeness (QED) is 0.798. The average Bonchev–Trinajstić information content (AvgIpc) is 2.60. The number of hydrogen-bond acceptors (Lipinski definition) is 5. The van der Waals surface area contributed by atoms with Crippen LogP contribution in [0.5, 0.6) is 5.75 Å². The Balaban J connectivity index is 2.37. The highest BCUT2D eigenvalue weighted by atomic mass is 32.2. The Morgan fingerprint density at radius 3 is 2.44 bits per heavy atom. The minimum Gasteiger partial charge on any atom is -0.496 e. The van der Waals surface area contributed by atoms with Crippen LogP contribution in [0.3, 0.4) is 0 Å². The predicted molar refractivity (Wildman–Crippen MR) is 94.2 cm³/mol. The van der Waals surface area contributed by atoms with E-state index in [9.17, 15) is 13.2 Å². The summed E-state index contributed by atoms with van der Waals surface area (Å²) in [6, 6.07) is 11.1. The molecular formula is C18H21NO5S. The maximum absolute atomic E-state index is 12.8. The van der Waals surface area contributed by atoms with Crippen molar-refractivity contribution in [1.82, 2.24) is 4.72 Å². The number of hydrogen-bond donors (Lipinski definition) is 1. The Kier molecular flexibility index (Phi) is 5.81. The van der Waals surface area contributed by atoms with Gasteiger partial charge in [-0.15, -0.1) is 0 Å². The van der Waals surface area contributed by atoms with Gasteiger partial charge >= 0.3 is 5.97 Å². The maximum Gasteiger partial charge on any atom is 0.337 e. The number of carbonyl (C=O) groups is 1. The second-order valence-electron chi connectivity index (χ2n) is 5.56. The molecule has 25 heavy (non-hydrogen) atoms. The molecule has 0 radical (unpaired) electrons. The molecule has 0 aliphatic rings. The average molecular weight is 363 g/mol. The maximum atomic E-state index is 12.8. The number of carbonyl (C=O) groups excluding carboxylic acids is 1. The third-order valence-electron chi connectivity index (χ3n) is 3.84. The van der Waals surface area contributed by atoms with Crippen molar-refractivity contribution < 1.29 is 22.7 Å². The molecule has 0 heterocycles. The van der Waals surface area contributed by atoms with Crippen LogP contribution in [0.4, 0.5) is 0 Å². The minimum absolute atomic E-state index is 0.0390. The van der Waals surface area contributed by atoms with Crippen LogP contribution in [0, 0.1) is 6.92 Å². The van der Waals surface area contributed by atoms with Gasteiger partial charge in [0.05, 0.1) is 24.7 Å². The van der Waals surface area contributed by atoms with Crippen LogP contribution in [0.2, 0.25) is 0 Å². The number of aryl methyl sites for hydroxylation is 1. The van der Waals surface area contributed by atoms with Gasteiger partial charge in [0, 0.05) is 11.6 Å². The molecule has 0 aromatic heterocycles. The Morgan fingerprint density at radius 1 is 1.12 bits per heavy atom. The minimum atomic E-state index is -3.84. The normalized spacial score (nSPS) is 12.5. The van der Waals surface area contributed by atoms with Crippen molar-refractivity contribution in [2.75, 3.05) is 14.2 Å². The largest absolute Gasteiger partial charge is 0.496 e. The van der Waals surface area contributed by atoms with Gasteiger partial charge in [-0.2, -0.15) is 0 Å². The van der Waals surface area contributed by atoms with Crippen LogP contribution >= 0.6 is 0 Å². The number of benzene rings is 2. The molecule has 0 saturated carbocycles. The fraction of sp³-hybridized carbons (Fsp3) is 0.278. The fourth-order valence-electron chi connectivity index (χ4n) is 2.52. The van der Waals surface area contributed by atoms with Gasteiger partial charge in [0.1, 0.15) is 5.75 Å². The first-order chi connectivity index (χ1) is 11.8. The summed E-state index contributed by atoms with van der Waals surface area (Å²) >= 11 is 0. The predicted octanol–water partition coefficient (Wildman–Crippen LogP) is 2.83. The van der Waals surface area contributed by atoms with Crippen LogP contribution in [-0.2, 0) is 14.8 Å². The molecule has 0 bridgehead atoms. The molecule has 6 nitrogen and oxygen atoms in total. The monoisotopic (exact) mass is 363 g/mol. The molecular weight excluding hydrogens is 342 g/mol. The van der Waals surface area contributed by atoms with Crippen LogP contribution in [0.15, 0.2) is 47.4 Å². The third-order valence-corrected chi connectivity index (χ3v) is 5.52. The van der Waals surface area contributed by atoms with Crippen molar-refractivity contribution in [2.24, 2.45) is 0 Å². The molecule has 0 aliphatic heterocycles. The molecule has 0 saturated heterocycles. The molecule has 2 aromatic carbocycles. The first-order valence-electron chi connectivity index (χ1n) is 7.64. The van der Waals surface area contributed by atoms with E-state index in [1.165, 1.54) is 26.4 Å². The first-order valence-corrected chi connectivity index (χ1v) is 9.12. The van der Waals surface area contributed by atoms with E-state index in [2.05, 4.69) is 9.46 Å². The van der Waals surface area contributed by atoms with Gasteiger partial charge in [-0.3, -0.25) is 0 Å². The van der Waals surface area contributed by atoms with Crippen molar-refractivity contribution in [1.29, 1.82) is 0 Å². The van der Waals surface area contributed by atoms with Gasteiger partial charge in [-0.05, 0) is 37.6 Å². The van der Waals surface area contributed by atoms with Crippen molar-refractivity contribution in [2.45, 2.75) is 24.8 Å². The Morgan fingerprint density at radius 2 is 1.80 bits per heavy atom. The van der Waals surface area contributed by atoms with Gasteiger partial charge < -0.3 is 9.47 Å². The fourth-order valence-corrected chi connectivity index (χ4v) is 4.01.